The molecule has 1 heterocycles. The van der Waals surface area contributed by atoms with E-state index in [0.717, 1.165) is 0 Å². The van der Waals surface area contributed by atoms with E-state index in [1.54, 1.807) is 56.0 Å². The van der Waals surface area contributed by atoms with Crippen LogP contribution in [-0.2, 0) is 19.1 Å². The number of carbonyl (C=O) groups is 4. The molecule has 0 atom stereocenters. The quantitative estimate of drug-likeness (QED) is 0.790. The minimum absolute atomic E-state index is 0.344. The smallest absolute Gasteiger partial charge is 0.410 e. The maximum absolute atomic E-state index is 12.1. The molecule has 0 radical (unpaired) electrons. The van der Waals surface area contributed by atoms with Gasteiger partial charge in [0.05, 0.1) is 5.92 Å². The predicted octanol–water partition coefficient (Wildman–Crippen LogP) is 2.13. The van der Waals surface area contributed by atoms with Crippen LogP contribution in [-0.4, -0.2) is 54.1 Å². The standard InChI is InChI=1S/C20H26N2O6/c1-20(2,3)28-19(26)22-11-9-15(10-12-22)18(25)27-13-16(23)21-17(24)14-7-5-4-6-8-14/h4-8,15H,9-13H2,1-3H3,(H,21,23,24). The molecule has 1 aromatic rings. The number of esters is 1. The summed E-state index contributed by atoms with van der Waals surface area (Å²) in [5.74, 6) is -2.14. The number of nitrogens with zero attached hydrogens (tertiary/aromatic N) is 1. The molecule has 0 unspecified atom stereocenters. The number of hydrogen-bond donors (Lipinski definition) is 1. The minimum Gasteiger partial charge on any atom is -0.455 e. The Morgan fingerprint density at radius 3 is 2.25 bits per heavy atom. The molecule has 1 aromatic carbocycles. The van der Waals surface area contributed by atoms with E-state index < -0.39 is 42.0 Å². The van der Waals surface area contributed by atoms with E-state index in [1.165, 1.54) is 0 Å². The summed E-state index contributed by atoms with van der Waals surface area (Å²) in [5.41, 5.74) is -0.228. The van der Waals surface area contributed by atoms with Crippen LogP contribution in [0.15, 0.2) is 30.3 Å². The van der Waals surface area contributed by atoms with Crippen LogP contribution < -0.4 is 5.32 Å². The van der Waals surface area contributed by atoms with Gasteiger partial charge in [-0.15, -0.1) is 0 Å². The van der Waals surface area contributed by atoms with Crippen molar-refractivity contribution in [2.24, 2.45) is 5.92 Å². The van der Waals surface area contributed by atoms with Crippen molar-refractivity contribution in [3.05, 3.63) is 35.9 Å². The maximum atomic E-state index is 12.1. The van der Waals surface area contributed by atoms with E-state index in [9.17, 15) is 19.2 Å². The van der Waals surface area contributed by atoms with E-state index >= 15 is 0 Å². The Labute approximate surface area is 164 Å². The molecule has 0 aromatic heterocycles. The average Bonchev–Trinajstić information content (AvgIpc) is 2.65. The number of amides is 3. The number of ether oxygens (including phenoxy) is 2. The van der Waals surface area contributed by atoms with Crippen molar-refractivity contribution < 1.29 is 28.7 Å². The van der Waals surface area contributed by atoms with Crippen LogP contribution in [0.1, 0.15) is 44.0 Å². The van der Waals surface area contributed by atoms with Crippen LogP contribution in [0.2, 0.25) is 0 Å². The first-order valence-corrected chi connectivity index (χ1v) is 9.19. The van der Waals surface area contributed by atoms with Gasteiger partial charge in [0.15, 0.2) is 6.61 Å². The van der Waals surface area contributed by atoms with E-state index in [4.69, 9.17) is 9.47 Å². The highest BCUT2D eigenvalue weighted by Crippen LogP contribution is 2.20. The fraction of sp³-hybridized carbons (Fsp3) is 0.500. The summed E-state index contributed by atoms with van der Waals surface area (Å²) in [7, 11) is 0. The van der Waals surface area contributed by atoms with Crippen LogP contribution in [0.3, 0.4) is 0 Å². The number of carbonyl (C=O) groups excluding carboxylic acids is 4. The SMILES string of the molecule is CC(C)(C)OC(=O)N1CCC(C(=O)OCC(=O)NC(=O)c2ccccc2)CC1. The summed E-state index contributed by atoms with van der Waals surface area (Å²) >= 11 is 0. The zero-order valence-electron chi connectivity index (χ0n) is 16.4. The second-order valence-electron chi connectivity index (χ2n) is 7.59. The van der Waals surface area contributed by atoms with Crippen molar-refractivity contribution >= 4 is 23.9 Å². The van der Waals surface area contributed by atoms with Crippen molar-refractivity contribution in [1.82, 2.24) is 10.2 Å². The van der Waals surface area contributed by atoms with E-state index in [1.807, 2.05) is 0 Å². The van der Waals surface area contributed by atoms with Gasteiger partial charge in [-0.2, -0.15) is 0 Å². The Bertz CT molecular complexity index is 718. The highest BCUT2D eigenvalue weighted by Gasteiger charge is 2.31. The molecular formula is C20H26N2O6. The van der Waals surface area contributed by atoms with Crippen molar-refractivity contribution in [3.8, 4) is 0 Å². The third-order valence-corrected chi connectivity index (χ3v) is 4.11. The number of rotatable bonds is 4. The number of hydrogen-bond acceptors (Lipinski definition) is 6. The molecule has 0 bridgehead atoms. The molecule has 1 N–H and O–H groups in total. The maximum Gasteiger partial charge on any atom is 0.410 e. The lowest BCUT2D eigenvalue weighted by molar-refractivity contribution is -0.153. The van der Waals surface area contributed by atoms with Crippen molar-refractivity contribution in [3.63, 3.8) is 0 Å². The van der Waals surface area contributed by atoms with Crippen molar-refractivity contribution in [1.29, 1.82) is 0 Å². The lowest BCUT2D eigenvalue weighted by Crippen LogP contribution is -2.43. The molecule has 0 spiro atoms. The number of piperidine rings is 1. The Morgan fingerprint density at radius 2 is 1.68 bits per heavy atom. The molecule has 0 aliphatic carbocycles. The second kappa shape index (κ2) is 9.34. The Morgan fingerprint density at radius 1 is 1.07 bits per heavy atom. The number of imide groups is 1. The number of nitrogens with one attached hydrogen (secondary N) is 1. The largest absolute Gasteiger partial charge is 0.455 e. The summed E-state index contributed by atoms with van der Waals surface area (Å²) in [6.45, 7) is 5.62. The molecular weight excluding hydrogens is 364 g/mol. The molecule has 1 aliphatic heterocycles. The highest BCUT2D eigenvalue weighted by molar-refractivity contribution is 6.05. The van der Waals surface area contributed by atoms with Crippen molar-refractivity contribution in [2.75, 3.05) is 19.7 Å². The lowest BCUT2D eigenvalue weighted by Gasteiger charge is -2.32. The number of benzene rings is 1. The van der Waals surface area contributed by atoms with Crippen molar-refractivity contribution in [2.45, 2.75) is 39.2 Å². The van der Waals surface area contributed by atoms with Gasteiger partial charge in [0.1, 0.15) is 5.60 Å². The van der Waals surface area contributed by atoms with Gasteiger partial charge in [-0.1, -0.05) is 18.2 Å². The van der Waals surface area contributed by atoms with E-state index in [-0.39, 0.29) is 0 Å². The summed E-state index contributed by atoms with van der Waals surface area (Å²) in [6.07, 6.45) is 0.462. The zero-order valence-corrected chi connectivity index (χ0v) is 16.4. The molecule has 8 heteroatoms. The van der Waals surface area contributed by atoms with Gasteiger partial charge in [-0.3, -0.25) is 19.7 Å². The summed E-state index contributed by atoms with van der Waals surface area (Å²) in [4.78, 5) is 49.4. The molecule has 1 saturated heterocycles. The molecule has 152 valence electrons. The first kappa shape index (κ1) is 21.4. The van der Waals surface area contributed by atoms with Crippen LogP contribution in [0, 0.1) is 5.92 Å². The molecule has 1 aliphatic rings. The predicted molar refractivity (Wildman–Crippen MR) is 100 cm³/mol. The molecule has 8 nitrogen and oxygen atoms in total. The minimum atomic E-state index is -0.687. The molecule has 1 fully saturated rings. The van der Waals surface area contributed by atoms with Gasteiger partial charge in [-0.25, -0.2) is 4.79 Å². The fourth-order valence-corrected chi connectivity index (χ4v) is 2.70. The highest BCUT2D eigenvalue weighted by atomic mass is 16.6. The van der Waals surface area contributed by atoms with Crippen LogP contribution in [0.4, 0.5) is 4.79 Å². The summed E-state index contributed by atoms with van der Waals surface area (Å²) in [6, 6.07) is 8.28. The Balaban J connectivity index is 1.72. The van der Waals surface area contributed by atoms with Crippen LogP contribution >= 0.6 is 0 Å². The monoisotopic (exact) mass is 390 g/mol. The zero-order chi connectivity index (χ0) is 20.7. The Kier molecular flexibility index (Phi) is 7.14. The normalized spacial score (nSPS) is 14.9. The molecule has 28 heavy (non-hydrogen) atoms. The van der Waals surface area contributed by atoms with Crippen LogP contribution in [0.25, 0.3) is 0 Å². The van der Waals surface area contributed by atoms with Gasteiger partial charge < -0.3 is 14.4 Å². The fourth-order valence-electron chi connectivity index (χ4n) is 2.70. The van der Waals surface area contributed by atoms with E-state index in [0.29, 0.717) is 31.5 Å². The molecule has 2 rings (SSSR count). The van der Waals surface area contributed by atoms with Gasteiger partial charge >= 0.3 is 12.1 Å². The summed E-state index contributed by atoms with van der Waals surface area (Å²) in [5, 5.41) is 2.17. The molecule has 0 saturated carbocycles. The molecule has 3 amide bonds. The third kappa shape index (κ3) is 6.68. The third-order valence-electron chi connectivity index (χ3n) is 4.11. The van der Waals surface area contributed by atoms with E-state index in [2.05, 4.69) is 5.32 Å². The first-order chi connectivity index (χ1) is 13.2. The second-order valence-corrected chi connectivity index (χ2v) is 7.59. The van der Waals surface area contributed by atoms with Crippen LogP contribution in [0.5, 0.6) is 0 Å². The average molecular weight is 390 g/mol. The summed E-state index contributed by atoms with van der Waals surface area (Å²) < 4.78 is 10.3. The lowest BCUT2D eigenvalue weighted by atomic mass is 9.97. The van der Waals surface area contributed by atoms with Gasteiger partial charge in [0, 0.05) is 18.7 Å². The first-order valence-electron chi connectivity index (χ1n) is 9.19. The number of likely N-dealkylation sites (tertiary alicyclic amines) is 1. The Hall–Kier alpha value is -2.90. The van der Waals surface area contributed by atoms with Gasteiger partial charge in [0.2, 0.25) is 0 Å². The topological polar surface area (TPSA) is 102 Å². The van der Waals surface area contributed by atoms with Gasteiger partial charge in [-0.05, 0) is 45.7 Å². The van der Waals surface area contributed by atoms with Gasteiger partial charge in [0.25, 0.3) is 11.8 Å².